The number of thiocarbonyl (C=S) groups is 1. The van der Waals surface area contributed by atoms with Gasteiger partial charge in [-0.05, 0) is 24.3 Å². The van der Waals surface area contributed by atoms with Crippen LogP contribution in [0.15, 0.2) is 34.9 Å². The lowest BCUT2D eigenvalue weighted by molar-refractivity contribution is 0.441. The third-order valence-corrected chi connectivity index (χ3v) is 2.98. The van der Waals surface area contributed by atoms with Gasteiger partial charge in [0.25, 0.3) is 0 Å². The van der Waals surface area contributed by atoms with E-state index in [0.717, 1.165) is 4.47 Å². The molecule has 0 aliphatic rings. The molecule has 1 heterocycles. The van der Waals surface area contributed by atoms with Crippen LogP contribution in [0, 0.1) is 0 Å². The zero-order chi connectivity index (χ0) is 13.1. The maximum Gasteiger partial charge on any atom is 0.322 e. The van der Waals surface area contributed by atoms with Gasteiger partial charge in [0, 0.05) is 10.7 Å². The van der Waals surface area contributed by atoms with Crippen LogP contribution in [0.1, 0.15) is 5.69 Å². The van der Waals surface area contributed by atoms with E-state index < -0.39 is 0 Å². The quantitative estimate of drug-likeness (QED) is 0.866. The van der Waals surface area contributed by atoms with E-state index in [9.17, 15) is 0 Å². The predicted octanol–water partition coefficient (Wildman–Crippen LogP) is 3.32. The van der Waals surface area contributed by atoms with Crippen LogP contribution in [-0.4, -0.2) is 15.0 Å². The Labute approximate surface area is 122 Å². The fourth-order valence-corrected chi connectivity index (χ4v) is 2.01. The minimum atomic E-state index is 0.143. The summed E-state index contributed by atoms with van der Waals surface area (Å²) in [5.74, 6) is 0.458. The Kier molecular flexibility index (Phi) is 4.11. The van der Waals surface area contributed by atoms with Gasteiger partial charge in [-0.15, -0.1) is 0 Å². The van der Waals surface area contributed by atoms with Crippen LogP contribution >= 0.6 is 39.7 Å². The van der Waals surface area contributed by atoms with E-state index in [1.807, 2.05) is 0 Å². The summed E-state index contributed by atoms with van der Waals surface area (Å²) in [6.45, 7) is 0. The van der Waals surface area contributed by atoms with Crippen molar-refractivity contribution < 1.29 is 4.74 Å². The van der Waals surface area contributed by atoms with Gasteiger partial charge in [-0.3, -0.25) is 0 Å². The molecule has 0 bridgehead atoms. The summed E-state index contributed by atoms with van der Waals surface area (Å²) in [5.41, 5.74) is 5.93. The van der Waals surface area contributed by atoms with Gasteiger partial charge in [-0.2, -0.15) is 4.98 Å². The summed E-state index contributed by atoms with van der Waals surface area (Å²) in [4.78, 5) is 8.21. The van der Waals surface area contributed by atoms with E-state index in [1.54, 1.807) is 24.3 Å². The lowest BCUT2D eigenvalue weighted by atomic mass is 10.3. The van der Waals surface area contributed by atoms with E-state index in [4.69, 9.17) is 34.3 Å². The van der Waals surface area contributed by atoms with Gasteiger partial charge in [-0.1, -0.05) is 39.7 Å². The molecule has 0 aliphatic heterocycles. The van der Waals surface area contributed by atoms with E-state index >= 15 is 0 Å². The topological polar surface area (TPSA) is 61.0 Å². The van der Waals surface area contributed by atoms with Crippen LogP contribution in [0.2, 0.25) is 5.02 Å². The molecule has 7 heteroatoms. The van der Waals surface area contributed by atoms with Gasteiger partial charge >= 0.3 is 6.01 Å². The molecular formula is C11H7BrClN3OS. The molecule has 0 fully saturated rings. The molecule has 0 aliphatic carbocycles. The zero-order valence-corrected chi connectivity index (χ0v) is 12.1. The number of ether oxygens (including phenoxy) is 1. The fraction of sp³-hybridized carbons (Fsp3) is 0. The third-order valence-electron chi connectivity index (χ3n) is 1.98. The molecule has 0 radical (unpaired) electrons. The van der Waals surface area contributed by atoms with Crippen molar-refractivity contribution >= 4 is 44.7 Å². The Bertz CT molecular complexity index is 609. The first-order valence-corrected chi connectivity index (χ1v) is 6.40. The second-order valence-electron chi connectivity index (χ2n) is 3.27. The first kappa shape index (κ1) is 13.2. The molecule has 2 N–H and O–H groups in total. The highest BCUT2D eigenvalue weighted by Crippen LogP contribution is 2.30. The number of aromatic nitrogens is 2. The summed E-state index contributed by atoms with van der Waals surface area (Å²) >= 11 is 14.2. The average molecular weight is 345 g/mol. The SMILES string of the molecule is NC(=S)c1ccnc(Oc2ccc(Br)cc2Cl)n1. The highest BCUT2D eigenvalue weighted by molar-refractivity contribution is 9.10. The first-order valence-electron chi connectivity index (χ1n) is 4.82. The van der Waals surface area contributed by atoms with E-state index in [1.165, 1.54) is 6.20 Å². The fourth-order valence-electron chi connectivity index (χ4n) is 1.18. The molecule has 1 aromatic heterocycles. The third kappa shape index (κ3) is 3.16. The van der Waals surface area contributed by atoms with Gasteiger partial charge in [0.2, 0.25) is 0 Å². The van der Waals surface area contributed by atoms with E-state index in [-0.39, 0.29) is 11.0 Å². The minimum Gasteiger partial charge on any atom is -0.423 e. The van der Waals surface area contributed by atoms with E-state index in [2.05, 4.69) is 25.9 Å². The number of benzene rings is 1. The second kappa shape index (κ2) is 5.60. The molecule has 0 spiro atoms. The molecular weight excluding hydrogens is 338 g/mol. The molecule has 0 unspecified atom stereocenters. The molecule has 4 nitrogen and oxygen atoms in total. The molecule has 92 valence electrons. The Morgan fingerprint density at radius 3 is 2.83 bits per heavy atom. The molecule has 0 atom stereocenters. The van der Waals surface area contributed by atoms with E-state index in [0.29, 0.717) is 16.5 Å². The monoisotopic (exact) mass is 343 g/mol. The van der Waals surface area contributed by atoms with Crippen molar-refractivity contribution in [1.82, 2.24) is 9.97 Å². The van der Waals surface area contributed by atoms with Crippen LogP contribution in [0.4, 0.5) is 0 Å². The lowest BCUT2D eigenvalue weighted by Gasteiger charge is -2.06. The predicted molar refractivity (Wildman–Crippen MR) is 77.1 cm³/mol. The number of nitrogens with two attached hydrogens (primary N) is 1. The van der Waals surface area contributed by atoms with Crippen molar-refractivity contribution in [3.05, 3.63) is 45.7 Å². The summed E-state index contributed by atoms with van der Waals surface area (Å²) in [5, 5.41) is 0.453. The molecule has 0 saturated carbocycles. The van der Waals surface area contributed by atoms with Crippen LogP contribution in [0.25, 0.3) is 0 Å². The summed E-state index contributed by atoms with van der Waals surface area (Å²) in [7, 11) is 0. The average Bonchev–Trinajstić information content (AvgIpc) is 2.33. The van der Waals surface area contributed by atoms with Crippen molar-refractivity contribution in [1.29, 1.82) is 0 Å². The van der Waals surface area contributed by atoms with Gasteiger partial charge in [0.1, 0.15) is 16.4 Å². The summed E-state index contributed by atoms with van der Waals surface area (Å²) in [6, 6.07) is 6.98. The highest BCUT2D eigenvalue weighted by atomic mass is 79.9. The van der Waals surface area contributed by atoms with Gasteiger partial charge in [0.15, 0.2) is 0 Å². The maximum absolute atomic E-state index is 6.02. The molecule has 1 aromatic carbocycles. The number of nitrogens with zero attached hydrogens (tertiary/aromatic N) is 2. The van der Waals surface area contributed by atoms with Crippen molar-refractivity contribution in [3.8, 4) is 11.8 Å². The summed E-state index contributed by atoms with van der Waals surface area (Å²) < 4.78 is 6.32. The Morgan fingerprint density at radius 1 is 1.39 bits per heavy atom. The largest absolute Gasteiger partial charge is 0.423 e. The Hall–Kier alpha value is -1.24. The van der Waals surface area contributed by atoms with Crippen LogP contribution in [0.5, 0.6) is 11.8 Å². The van der Waals surface area contributed by atoms with Crippen molar-refractivity contribution in [3.63, 3.8) is 0 Å². The first-order chi connectivity index (χ1) is 8.56. The van der Waals surface area contributed by atoms with Crippen LogP contribution in [0.3, 0.4) is 0 Å². The maximum atomic E-state index is 6.02. The number of hydrogen-bond acceptors (Lipinski definition) is 4. The standard InChI is InChI=1S/C11H7BrClN3OS/c12-6-1-2-9(7(13)5-6)17-11-15-4-3-8(16-11)10(14)18/h1-5H,(H2,14,18). The Morgan fingerprint density at radius 2 is 2.17 bits per heavy atom. The van der Waals surface area contributed by atoms with Crippen molar-refractivity contribution in [2.45, 2.75) is 0 Å². The van der Waals surface area contributed by atoms with Crippen molar-refractivity contribution in [2.24, 2.45) is 5.73 Å². The number of hydrogen-bond donors (Lipinski definition) is 1. The van der Waals surface area contributed by atoms with Gasteiger partial charge in [0.05, 0.1) is 5.02 Å². The van der Waals surface area contributed by atoms with Crippen molar-refractivity contribution in [2.75, 3.05) is 0 Å². The second-order valence-corrected chi connectivity index (χ2v) is 5.03. The zero-order valence-electron chi connectivity index (χ0n) is 8.93. The summed E-state index contributed by atoms with van der Waals surface area (Å²) in [6.07, 6.45) is 1.52. The molecule has 2 rings (SSSR count). The van der Waals surface area contributed by atoms with Gasteiger partial charge < -0.3 is 10.5 Å². The van der Waals surface area contributed by atoms with Gasteiger partial charge in [-0.25, -0.2) is 4.98 Å². The molecule has 0 amide bonds. The minimum absolute atomic E-state index is 0.143. The number of halogens is 2. The highest BCUT2D eigenvalue weighted by Gasteiger charge is 2.07. The lowest BCUT2D eigenvalue weighted by Crippen LogP contribution is -2.12. The molecule has 18 heavy (non-hydrogen) atoms. The Balaban J connectivity index is 2.28. The normalized spacial score (nSPS) is 10.1. The number of rotatable bonds is 3. The smallest absolute Gasteiger partial charge is 0.322 e. The van der Waals surface area contributed by atoms with Crippen LogP contribution in [-0.2, 0) is 0 Å². The molecule has 2 aromatic rings. The molecule has 0 saturated heterocycles. The van der Waals surface area contributed by atoms with Crippen LogP contribution < -0.4 is 10.5 Å².